The average molecular weight is 392 g/mol. The highest BCUT2D eigenvalue weighted by Crippen LogP contribution is 2.23. The Bertz CT molecular complexity index is 729. The Kier molecular flexibility index (Phi) is 6.05. The van der Waals surface area contributed by atoms with E-state index in [-0.39, 0.29) is 36.1 Å². The van der Waals surface area contributed by atoms with E-state index in [2.05, 4.69) is 0 Å². The lowest BCUT2D eigenvalue weighted by atomic mass is 10.1. The van der Waals surface area contributed by atoms with Crippen molar-refractivity contribution in [1.29, 1.82) is 0 Å². The zero-order valence-corrected chi connectivity index (χ0v) is 16.6. The van der Waals surface area contributed by atoms with Gasteiger partial charge in [-0.2, -0.15) is 0 Å². The van der Waals surface area contributed by atoms with E-state index in [1.807, 2.05) is 32.0 Å². The molecule has 7 heteroatoms. The quantitative estimate of drug-likeness (QED) is 0.786. The molecule has 0 bridgehead atoms. The van der Waals surface area contributed by atoms with Gasteiger partial charge in [-0.25, -0.2) is 0 Å². The molecule has 2 aliphatic heterocycles. The van der Waals surface area contributed by atoms with E-state index in [1.54, 1.807) is 20.8 Å². The molecule has 0 N–H and O–H groups in total. The summed E-state index contributed by atoms with van der Waals surface area (Å²) in [6, 6.07) is 7.47. The molecule has 6 nitrogen and oxygen atoms in total. The van der Waals surface area contributed by atoms with E-state index < -0.39 is 0 Å². The van der Waals surface area contributed by atoms with Crippen LogP contribution in [0.1, 0.15) is 25.8 Å². The number of carbonyl (C=O) groups excluding carboxylic acids is 3. The summed E-state index contributed by atoms with van der Waals surface area (Å²) in [5, 5.41) is 0.597. The summed E-state index contributed by atoms with van der Waals surface area (Å²) >= 11 is 6.14. The first-order valence-electron chi connectivity index (χ1n) is 9.46. The molecule has 1 aromatic carbocycles. The number of piperazine rings is 1. The molecule has 1 unspecified atom stereocenters. The van der Waals surface area contributed by atoms with Gasteiger partial charge in [-0.05, 0) is 25.5 Å². The average Bonchev–Trinajstić information content (AvgIpc) is 3.05. The highest BCUT2D eigenvalue weighted by atomic mass is 35.5. The number of hydrogen-bond acceptors (Lipinski definition) is 3. The van der Waals surface area contributed by atoms with Crippen LogP contribution in [0.3, 0.4) is 0 Å². The van der Waals surface area contributed by atoms with Crippen molar-refractivity contribution in [3.63, 3.8) is 0 Å². The fourth-order valence-corrected chi connectivity index (χ4v) is 3.95. The number of carbonyl (C=O) groups is 3. The molecule has 0 radical (unpaired) electrons. The van der Waals surface area contributed by atoms with Crippen molar-refractivity contribution in [2.75, 3.05) is 32.7 Å². The zero-order chi connectivity index (χ0) is 19.6. The van der Waals surface area contributed by atoms with Gasteiger partial charge in [0.15, 0.2) is 0 Å². The third kappa shape index (κ3) is 4.43. The van der Waals surface area contributed by atoms with Crippen LogP contribution in [0.5, 0.6) is 0 Å². The van der Waals surface area contributed by atoms with Crippen LogP contribution >= 0.6 is 11.6 Å². The number of benzene rings is 1. The van der Waals surface area contributed by atoms with E-state index >= 15 is 0 Å². The van der Waals surface area contributed by atoms with E-state index in [4.69, 9.17) is 11.6 Å². The molecule has 2 aliphatic rings. The summed E-state index contributed by atoms with van der Waals surface area (Å²) < 4.78 is 0. The molecule has 2 saturated heterocycles. The van der Waals surface area contributed by atoms with Gasteiger partial charge in [0.25, 0.3) is 0 Å². The molecule has 0 spiro atoms. The van der Waals surface area contributed by atoms with Crippen LogP contribution < -0.4 is 0 Å². The van der Waals surface area contributed by atoms with Crippen LogP contribution in [-0.2, 0) is 20.8 Å². The summed E-state index contributed by atoms with van der Waals surface area (Å²) in [5.74, 6) is -0.149. The second-order valence-corrected chi connectivity index (χ2v) is 7.92. The fourth-order valence-electron chi connectivity index (χ4n) is 3.75. The van der Waals surface area contributed by atoms with E-state index in [9.17, 15) is 14.4 Å². The highest BCUT2D eigenvalue weighted by Gasteiger charge is 2.38. The predicted molar refractivity (Wildman–Crippen MR) is 103 cm³/mol. The molecule has 0 aliphatic carbocycles. The third-order valence-corrected chi connectivity index (χ3v) is 5.74. The van der Waals surface area contributed by atoms with E-state index in [0.717, 1.165) is 5.56 Å². The molecule has 2 heterocycles. The van der Waals surface area contributed by atoms with Crippen molar-refractivity contribution in [3.05, 3.63) is 34.9 Å². The molecule has 3 amide bonds. The molecule has 0 saturated carbocycles. The monoisotopic (exact) mass is 391 g/mol. The fraction of sp³-hybridized carbons (Fsp3) is 0.550. The topological polar surface area (TPSA) is 60.9 Å². The Morgan fingerprint density at radius 3 is 2.33 bits per heavy atom. The Morgan fingerprint density at radius 2 is 1.74 bits per heavy atom. The van der Waals surface area contributed by atoms with E-state index in [0.29, 0.717) is 44.2 Å². The van der Waals surface area contributed by atoms with Crippen LogP contribution in [0.25, 0.3) is 0 Å². The summed E-state index contributed by atoms with van der Waals surface area (Å²) in [4.78, 5) is 42.7. The van der Waals surface area contributed by atoms with Gasteiger partial charge in [0.05, 0.1) is 12.3 Å². The Labute approximate surface area is 165 Å². The lowest BCUT2D eigenvalue weighted by molar-refractivity contribution is -0.141. The van der Waals surface area contributed by atoms with Gasteiger partial charge in [0.1, 0.15) is 0 Å². The summed E-state index contributed by atoms with van der Waals surface area (Å²) in [6.07, 6.45) is 0.566. The van der Waals surface area contributed by atoms with Crippen LogP contribution in [0, 0.1) is 5.92 Å². The minimum Gasteiger partial charge on any atom is -0.339 e. The zero-order valence-electron chi connectivity index (χ0n) is 15.9. The second-order valence-electron chi connectivity index (χ2n) is 7.52. The van der Waals surface area contributed by atoms with E-state index in [1.165, 1.54) is 0 Å². The van der Waals surface area contributed by atoms with Crippen molar-refractivity contribution >= 4 is 29.3 Å². The van der Waals surface area contributed by atoms with Gasteiger partial charge >= 0.3 is 0 Å². The number of rotatable bonds is 4. The van der Waals surface area contributed by atoms with Crippen molar-refractivity contribution in [1.82, 2.24) is 14.7 Å². The van der Waals surface area contributed by atoms with Gasteiger partial charge in [0.2, 0.25) is 17.7 Å². The van der Waals surface area contributed by atoms with Crippen molar-refractivity contribution < 1.29 is 14.4 Å². The number of amides is 3. The molecular weight excluding hydrogens is 366 g/mol. The lowest BCUT2D eigenvalue weighted by Crippen LogP contribution is -2.52. The van der Waals surface area contributed by atoms with Crippen molar-refractivity contribution in [2.24, 2.45) is 5.92 Å². The van der Waals surface area contributed by atoms with Crippen LogP contribution in [0.4, 0.5) is 0 Å². The van der Waals surface area contributed by atoms with Crippen LogP contribution in [0.15, 0.2) is 24.3 Å². The number of nitrogens with zero attached hydrogens (tertiary/aromatic N) is 3. The first kappa shape index (κ1) is 19.7. The van der Waals surface area contributed by atoms with Crippen molar-refractivity contribution in [2.45, 2.75) is 32.7 Å². The smallest absolute Gasteiger partial charge is 0.228 e. The SMILES string of the molecule is CC(C)N1CC(C(=O)N2CCN(C(=O)Cc3ccccc3Cl)CC2)CC1=O. The van der Waals surface area contributed by atoms with Crippen LogP contribution in [0.2, 0.25) is 5.02 Å². The molecule has 2 fully saturated rings. The van der Waals surface area contributed by atoms with Gasteiger partial charge in [-0.3, -0.25) is 14.4 Å². The van der Waals surface area contributed by atoms with Gasteiger partial charge in [-0.15, -0.1) is 0 Å². The third-order valence-electron chi connectivity index (χ3n) is 5.37. The summed E-state index contributed by atoms with van der Waals surface area (Å²) in [5.41, 5.74) is 0.820. The first-order chi connectivity index (χ1) is 12.9. The largest absolute Gasteiger partial charge is 0.339 e. The predicted octanol–water partition coefficient (Wildman–Crippen LogP) is 1.81. The number of hydrogen-bond donors (Lipinski definition) is 0. The maximum atomic E-state index is 12.8. The second kappa shape index (κ2) is 8.30. The number of likely N-dealkylation sites (tertiary alicyclic amines) is 1. The minimum absolute atomic E-state index is 0.0252. The molecule has 1 atom stereocenters. The molecule has 1 aromatic rings. The standard InChI is InChI=1S/C20H26ClN3O3/c1-14(2)24-13-16(12-19(24)26)20(27)23-9-7-22(8-10-23)18(25)11-15-5-3-4-6-17(15)21/h3-6,14,16H,7-13H2,1-2H3. The first-order valence-corrected chi connectivity index (χ1v) is 9.84. The minimum atomic E-state index is -0.259. The summed E-state index contributed by atoms with van der Waals surface area (Å²) in [6.45, 7) is 6.50. The van der Waals surface area contributed by atoms with Gasteiger partial charge in [0, 0.05) is 50.2 Å². The molecule has 146 valence electrons. The van der Waals surface area contributed by atoms with Crippen LogP contribution in [-0.4, -0.2) is 71.2 Å². The molecular formula is C20H26ClN3O3. The highest BCUT2D eigenvalue weighted by molar-refractivity contribution is 6.31. The molecule has 27 heavy (non-hydrogen) atoms. The molecule has 3 rings (SSSR count). The van der Waals surface area contributed by atoms with Gasteiger partial charge < -0.3 is 14.7 Å². The maximum absolute atomic E-state index is 12.8. The Morgan fingerprint density at radius 1 is 1.11 bits per heavy atom. The lowest BCUT2D eigenvalue weighted by Gasteiger charge is -2.36. The molecule has 0 aromatic heterocycles. The normalized spacial score (nSPS) is 20.5. The number of halogens is 1. The summed E-state index contributed by atoms with van der Waals surface area (Å²) in [7, 11) is 0. The Hall–Kier alpha value is -2.08. The van der Waals surface area contributed by atoms with Crippen molar-refractivity contribution in [3.8, 4) is 0 Å². The maximum Gasteiger partial charge on any atom is 0.228 e. The van der Waals surface area contributed by atoms with Gasteiger partial charge in [-0.1, -0.05) is 29.8 Å². The Balaban J connectivity index is 1.51.